The average Bonchev–Trinajstić information content (AvgIpc) is 3.29. The number of amides is 1. The average molecular weight is 433 g/mol. The summed E-state index contributed by atoms with van der Waals surface area (Å²) in [5.41, 5.74) is 2.07. The minimum atomic E-state index is -0.843. The summed E-state index contributed by atoms with van der Waals surface area (Å²) in [6, 6.07) is 20.2. The van der Waals surface area contributed by atoms with Crippen molar-refractivity contribution in [1.82, 2.24) is 9.88 Å². The second-order valence-electron chi connectivity index (χ2n) is 8.77. The van der Waals surface area contributed by atoms with Crippen LogP contribution in [0.3, 0.4) is 0 Å². The first-order valence-electron chi connectivity index (χ1n) is 11.2. The Kier molecular flexibility index (Phi) is 5.63. The molecule has 4 nitrogen and oxygen atoms in total. The van der Waals surface area contributed by atoms with E-state index in [-0.39, 0.29) is 17.9 Å². The fraction of sp³-hybridized carbons (Fsp3) is 0.385. The van der Waals surface area contributed by atoms with Crippen LogP contribution in [0, 0.1) is 5.92 Å². The number of likely N-dealkylation sites (tertiary alicyclic amines) is 1. The summed E-state index contributed by atoms with van der Waals surface area (Å²) in [7, 11) is 0. The molecule has 1 unspecified atom stereocenters. The number of benzene rings is 2. The maximum atomic E-state index is 13.3. The number of carbonyl (C=O) groups excluding carboxylic acids is 1. The third kappa shape index (κ3) is 3.92. The predicted molar refractivity (Wildman–Crippen MR) is 124 cm³/mol. The quantitative estimate of drug-likeness (QED) is 0.629. The molecule has 1 amide bonds. The fourth-order valence-electron chi connectivity index (χ4n) is 5.44. The van der Waals surface area contributed by atoms with Gasteiger partial charge in [-0.3, -0.25) is 4.79 Å². The van der Waals surface area contributed by atoms with Gasteiger partial charge in [-0.25, -0.2) is 4.98 Å². The summed E-state index contributed by atoms with van der Waals surface area (Å²) in [5, 5.41) is 14.7. The molecule has 160 valence electrons. The summed E-state index contributed by atoms with van der Waals surface area (Å²) in [6.07, 6.45) is 5.09. The monoisotopic (exact) mass is 432 g/mol. The van der Waals surface area contributed by atoms with Gasteiger partial charge in [-0.2, -0.15) is 0 Å². The van der Waals surface area contributed by atoms with E-state index in [1.165, 1.54) is 0 Å². The Morgan fingerprint density at radius 1 is 1.06 bits per heavy atom. The molecule has 5 heteroatoms. The van der Waals surface area contributed by atoms with E-state index in [2.05, 4.69) is 0 Å². The lowest BCUT2D eigenvalue weighted by molar-refractivity contribution is -0.154. The van der Waals surface area contributed by atoms with Gasteiger partial charge in [0.15, 0.2) is 0 Å². The Bertz CT molecular complexity index is 1040. The molecule has 2 aromatic carbocycles. The zero-order valence-corrected chi connectivity index (χ0v) is 18.4. The van der Waals surface area contributed by atoms with Crippen molar-refractivity contribution in [2.45, 2.75) is 50.2 Å². The number of aromatic nitrogens is 1. The van der Waals surface area contributed by atoms with E-state index >= 15 is 0 Å². The lowest BCUT2D eigenvalue weighted by atomic mass is 9.66. The molecule has 1 N–H and O–H groups in total. The van der Waals surface area contributed by atoms with E-state index in [1.54, 1.807) is 11.3 Å². The van der Waals surface area contributed by atoms with Crippen LogP contribution in [0.4, 0.5) is 0 Å². The third-order valence-corrected chi connectivity index (χ3v) is 7.92. The van der Waals surface area contributed by atoms with Crippen LogP contribution in [-0.2, 0) is 16.8 Å². The Labute approximate surface area is 187 Å². The van der Waals surface area contributed by atoms with Crippen LogP contribution in [-0.4, -0.2) is 33.5 Å². The van der Waals surface area contributed by atoms with E-state index in [0.29, 0.717) is 19.4 Å². The van der Waals surface area contributed by atoms with Gasteiger partial charge in [-0.05, 0) is 24.8 Å². The smallest absolute Gasteiger partial charge is 0.228 e. The van der Waals surface area contributed by atoms with E-state index in [4.69, 9.17) is 4.98 Å². The van der Waals surface area contributed by atoms with Gasteiger partial charge >= 0.3 is 0 Å². The number of fused-ring (bicyclic) bond motifs is 1. The molecule has 1 saturated carbocycles. The first-order chi connectivity index (χ1) is 15.1. The zero-order chi connectivity index (χ0) is 21.3. The highest BCUT2D eigenvalue weighted by Crippen LogP contribution is 2.47. The highest BCUT2D eigenvalue weighted by molar-refractivity contribution is 7.13. The Balaban J connectivity index is 1.34. The molecule has 1 aliphatic carbocycles. The van der Waals surface area contributed by atoms with Crippen molar-refractivity contribution in [1.29, 1.82) is 0 Å². The van der Waals surface area contributed by atoms with Crippen molar-refractivity contribution < 1.29 is 9.90 Å². The summed E-state index contributed by atoms with van der Waals surface area (Å²) in [6.45, 7) is 0.598. The summed E-state index contributed by atoms with van der Waals surface area (Å²) < 4.78 is 0. The fourth-order valence-corrected chi connectivity index (χ4v) is 6.26. The molecule has 31 heavy (non-hydrogen) atoms. The van der Waals surface area contributed by atoms with Crippen LogP contribution in [0.25, 0.3) is 10.6 Å². The van der Waals surface area contributed by atoms with E-state index in [9.17, 15) is 9.90 Å². The van der Waals surface area contributed by atoms with Crippen LogP contribution in [0.15, 0.2) is 66.0 Å². The van der Waals surface area contributed by atoms with Crippen LogP contribution in [0.2, 0.25) is 0 Å². The number of thiazole rings is 1. The molecule has 0 bridgehead atoms. The normalized spacial score (nSPS) is 25.8. The molecule has 0 radical (unpaired) electrons. The van der Waals surface area contributed by atoms with Gasteiger partial charge < -0.3 is 10.0 Å². The minimum Gasteiger partial charge on any atom is -0.385 e. The van der Waals surface area contributed by atoms with Crippen LogP contribution >= 0.6 is 11.3 Å². The second-order valence-corrected chi connectivity index (χ2v) is 9.63. The van der Waals surface area contributed by atoms with Crippen molar-refractivity contribution in [2.24, 2.45) is 5.92 Å². The lowest BCUT2D eigenvalue weighted by Gasteiger charge is -2.52. The maximum absolute atomic E-state index is 13.3. The molecule has 3 aromatic rings. The van der Waals surface area contributed by atoms with E-state index < -0.39 is 5.60 Å². The largest absolute Gasteiger partial charge is 0.385 e. The van der Waals surface area contributed by atoms with Gasteiger partial charge in [0.25, 0.3) is 0 Å². The van der Waals surface area contributed by atoms with Crippen molar-refractivity contribution in [2.75, 3.05) is 6.54 Å². The number of hydrogen-bond acceptors (Lipinski definition) is 4. The minimum absolute atomic E-state index is 0.0941. The molecule has 2 aliphatic rings. The first kappa shape index (κ1) is 20.4. The number of carbonyl (C=O) groups is 1. The van der Waals surface area contributed by atoms with Crippen molar-refractivity contribution in [3.63, 3.8) is 0 Å². The van der Waals surface area contributed by atoms with Crippen LogP contribution < -0.4 is 0 Å². The summed E-state index contributed by atoms with van der Waals surface area (Å²) in [4.78, 5) is 20.1. The topological polar surface area (TPSA) is 53.4 Å². The van der Waals surface area contributed by atoms with Crippen molar-refractivity contribution in [3.8, 4) is 10.6 Å². The molecule has 3 atom stereocenters. The van der Waals surface area contributed by atoms with Gasteiger partial charge in [0, 0.05) is 29.4 Å². The van der Waals surface area contributed by atoms with Crippen LogP contribution in [0.1, 0.15) is 43.4 Å². The Morgan fingerprint density at radius 3 is 2.55 bits per heavy atom. The van der Waals surface area contributed by atoms with Crippen LogP contribution in [0.5, 0.6) is 0 Å². The number of nitrogens with zero attached hydrogens (tertiary/aromatic N) is 2. The summed E-state index contributed by atoms with van der Waals surface area (Å²) in [5.74, 6) is 0.230. The first-order valence-corrected chi connectivity index (χ1v) is 12.1. The third-order valence-electron chi connectivity index (χ3n) is 6.98. The van der Waals surface area contributed by atoms with Gasteiger partial charge in [0.2, 0.25) is 5.91 Å². The number of aliphatic hydroxyl groups is 1. The molecular weight excluding hydrogens is 404 g/mol. The molecule has 2 fully saturated rings. The number of hydrogen-bond donors (Lipinski definition) is 1. The van der Waals surface area contributed by atoms with Gasteiger partial charge in [0.1, 0.15) is 5.01 Å². The molecule has 2 heterocycles. The molecular formula is C26H28N2O2S. The second kappa shape index (κ2) is 8.56. The van der Waals surface area contributed by atoms with Crippen molar-refractivity contribution >= 4 is 17.2 Å². The molecule has 1 aromatic heterocycles. The number of rotatable bonds is 4. The highest BCUT2D eigenvalue weighted by Gasteiger charge is 2.50. The summed E-state index contributed by atoms with van der Waals surface area (Å²) >= 11 is 1.59. The van der Waals surface area contributed by atoms with Gasteiger partial charge in [-0.15, -0.1) is 11.3 Å². The maximum Gasteiger partial charge on any atom is 0.228 e. The van der Waals surface area contributed by atoms with Crippen molar-refractivity contribution in [3.05, 3.63) is 77.3 Å². The predicted octanol–water partition coefficient (Wildman–Crippen LogP) is 5.03. The van der Waals surface area contributed by atoms with E-state index in [0.717, 1.165) is 47.5 Å². The highest BCUT2D eigenvalue weighted by atomic mass is 32.1. The number of piperidine rings is 1. The van der Waals surface area contributed by atoms with Gasteiger partial charge in [0.05, 0.1) is 17.7 Å². The van der Waals surface area contributed by atoms with E-state index in [1.807, 2.05) is 70.9 Å². The molecule has 0 spiro atoms. The zero-order valence-electron chi connectivity index (χ0n) is 17.6. The SMILES string of the molecule is O=C(Cc1csc(-c2ccccc2)n1)N1CCC(O)(c2ccccc2)[C@@H]2CCCC[C@H]21. The Morgan fingerprint density at radius 2 is 1.77 bits per heavy atom. The molecule has 5 rings (SSSR count). The lowest BCUT2D eigenvalue weighted by Crippen LogP contribution is -2.59. The molecule has 1 aliphatic heterocycles. The Hall–Kier alpha value is -2.50. The molecule has 1 saturated heterocycles. The van der Waals surface area contributed by atoms with Gasteiger partial charge in [-0.1, -0.05) is 73.5 Å². The standard InChI is InChI=1S/C26H28N2O2S/c29-24(17-21-18-31-25(27-21)19-9-3-1-4-10-19)28-16-15-26(30,20-11-5-2-6-12-20)22-13-7-8-14-23(22)28/h1-6,9-12,18,22-23,30H,7-8,13-17H2/t22-,23-,26?/m1/s1.